The number of carboxylic acids is 1. The summed E-state index contributed by atoms with van der Waals surface area (Å²) in [7, 11) is 0. The van der Waals surface area contributed by atoms with Crippen LogP contribution >= 0.6 is 0 Å². The maximum absolute atomic E-state index is 10.8. The van der Waals surface area contributed by atoms with E-state index in [0.717, 1.165) is 11.1 Å². The number of hydrogen-bond donors (Lipinski definition) is 1. The van der Waals surface area contributed by atoms with E-state index in [1.54, 1.807) is 36.7 Å². The van der Waals surface area contributed by atoms with Gasteiger partial charge in [0.1, 0.15) is 5.75 Å². The summed E-state index contributed by atoms with van der Waals surface area (Å²) in [6.45, 7) is 3.91. The summed E-state index contributed by atoms with van der Waals surface area (Å²) in [4.78, 5) is 14.9. The van der Waals surface area contributed by atoms with Crippen LogP contribution in [0.3, 0.4) is 0 Å². The summed E-state index contributed by atoms with van der Waals surface area (Å²) in [5, 5.41) is 8.86. The number of benzene rings is 1. The van der Waals surface area contributed by atoms with Crippen LogP contribution in [0.1, 0.15) is 24.2 Å². The Morgan fingerprint density at radius 3 is 2.42 bits per heavy atom. The minimum Gasteiger partial charge on any atom is -0.489 e. The lowest BCUT2D eigenvalue weighted by molar-refractivity contribution is 0.0697. The molecule has 1 aromatic heterocycles. The molecule has 1 heterocycles. The van der Waals surface area contributed by atoms with Crippen LogP contribution in [0, 0.1) is 0 Å². The Bertz CT molecular complexity index is 576. The van der Waals surface area contributed by atoms with E-state index in [-0.39, 0.29) is 11.7 Å². The fourth-order valence-corrected chi connectivity index (χ4v) is 1.72. The van der Waals surface area contributed by atoms with Gasteiger partial charge in [-0.25, -0.2) is 4.79 Å². The first-order valence-corrected chi connectivity index (χ1v) is 6.01. The van der Waals surface area contributed by atoms with Gasteiger partial charge >= 0.3 is 5.97 Å². The molecule has 0 bridgehead atoms. The third kappa shape index (κ3) is 3.31. The molecule has 0 amide bonds. The zero-order valence-corrected chi connectivity index (χ0v) is 10.8. The summed E-state index contributed by atoms with van der Waals surface area (Å²) in [6, 6.07) is 8.57. The van der Waals surface area contributed by atoms with E-state index in [4.69, 9.17) is 9.84 Å². The fourth-order valence-electron chi connectivity index (χ4n) is 1.72. The van der Waals surface area contributed by atoms with Crippen molar-refractivity contribution in [2.45, 2.75) is 20.0 Å². The summed E-state index contributed by atoms with van der Waals surface area (Å²) in [5.41, 5.74) is 2.08. The minimum atomic E-state index is -0.929. The van der Waals surface area contributed by atoms with Crippen molar-refractivity contribution in [2.24, 2.45) is 0 Å². The largest absolute Gasteiger partial charge is 0.489 e. The van der Waals surface area contributed by atoms with Gasteiger partial charge in [0.05, 0.1) is 17.9 Å². The molecule has 0 atom stereocenters. The van der Waals surface area contributed by atoms with Crippen molar-refractivity contribution in [3.8, 4) is 16.9 Å². The van der Waals surface area contributed by atoms with E-state index in [2.05, 4.69) is 4.98 Å². The number of carboxylic acid groups (broad SMARTS) is 1. The number of aromatic carboxylic acids is 1. The van der Waals surface area contributed by atoms with Crippen LogP contribution in [0.25, 0.3) is 11.1 Å². The molecular formula is C15H15NO3. The molecule has 0 spiro atoms. The lowest BCUT2D eigenvalue weighted by atomic mass is 10.1. The number of ether oxygens (including phenoxy) is 1. The second-order valence-corrected chi connectivity index (χ2v) is 4.46. The summed E-state index contributed by atoms with van der Waals surface area (Å²) in [5.74, 6) is -0.226. The van der Waals surface area contributed by atoms with Crippen molar-refractivity contribution in [1.29, 1.82) is 0 Å². The number of nitrogens with zero attached hydrogens (tertiary/aromatic N) is 1. The summed E-state index contributed by atoms with van der Waals surface area (Å²) in [6.07, 6.45) is 3.48. The normalized spacial score (nSPS) is 10.5. The SMILES string of the molecule is CC(C)Oc1cncc(-c2ccc(C(=O)O)cc2)c1. The van der Waals surface area contributed by atoms with Gasteiger partial charge in [0.25, 0.3) is 0 Å². The number of aromatic nitrogens is 1. The maximum atomic E-state index is 10.8. The highest BCUT2D eigenvalue weighted by Crippen LogP contribution is 2.23. The minimum absolute atomic E-state index is 0.0893. The van der Waals surface area contributed by atoms with Crippen LogP contribution in [0.5, 0.6) is 5.75 Å². The molecule has 2 aromatic rings. The first-order chi connectivity index (χ1) is 9.06. The van der Waals surface area contributed by atoms with Crippen LogP contribution in [0.2, 0.25) is 0 Å². The average molecular weight is 257 g/mol. The van der Waals surface area contributed by atoms with Gasteiger partial charge in [-0.3, -0.25) is 4.98 Å². The lowest BCUT2D eigenvalue weighted by Crippen LogP contribution is -2.05. The highest BCUT2D eigenvalue weighted by Gasteiger charge is 2.05. The Morgan fingerprint density at radius 1 is 1.16 bits per heavy atom. The van der Waals surface area contributed by atoms with Crippen LogP contribution in [0.4, 0.5) is 0 Å². The van der Waals surface area contributed by atoms with E-state index < -0.39 is 5.97 Å². The molecular weight excluding hydrogens is 242 g/mol. The molecule has 19 heavy (non-hydrogen) atoms. The molecule has 4 heteroatoms. The van der Waals surface area contributed by atoms with Crippen molar-refractivity contribution in [1.82, 2.24) is 4.98 Å². The number of carbonyl (C=O) groups is 1. The second-order valence-electron chi connectivity index (χ2n) is 4.46. The van der Waals surface area contributed by atoms with Crippen molar-refractivity contribution in [3.05, 3.63) is 48.3 Å². The van der Waals surface area contributed by atoms with Gasteiger partial charge in [0.15, 0.2) is 0 Å². The molecule has 1 aromatic carbocycles. The summed E-state index contributed by atoms with van der Waals surface area (Å²) < 4.78 is 5.58. The molecule has 0 saturated carbocycles. The maximum Gasteiger partial charge on any atom is 0.335 e. The van der Waals surface area contributed by atoms with Gasteiger partial charge in [-0.15, -0.1) is 0 Å². The van der Waals surface area contributed by atoms with Crippen molar-refractivity contribution in [3.63, 3.8) is 0 Å². The van der Waals surface area contributed by atoms with Gasteiger partial charge in [0.2, 0.25) is 0 Å². The van der Waals surface area contributed by atoms with Crippen LogP contribution in [-0.2, 0) is 0 Å². The molecule has 4 nitrogen and oxygen atoms in total. The lowest BCUT2D eigenvalue weighted by Gasteiger charge is -2.10. The van der Waals surface area contributed by atoms with Gasteiger partial charge in [-0.2, -0.15) is 0 Å². The fraction of sp³-hybridized carbons (Fsp3) is 0.200. The average Bonchev–Trinajstić information content (AvgIpc) is 2.38. The molecule has 2 rings (SSSR count). The molecule has 0 saturated heterocycles. The first-order valence-electron chi connectivity index (χ1n) is 6.01. The third-order valence-corrected chi connectivity index (χ3v) is 2.55. The van der Waals surface area contributed by atoms with E-state index in [1.165, 1.54) is 0 Å². The monoisotopic (exact) mass is 257 g/mol. The first kappa shape index (κ1) is 13.1. The Morgan fingerprint density at radius 2 is 1.84 bits per heavy atom. The van der Waals surface area contributed by atoms with Gasteiger partial charge in [0, 0.05) is 11.8 Å². The molecule has 0 aliphatic heterocycles. The van der Waals surface area contributed by atoms with Gasteiger partial charge < -0.3 is 9.84 Å². The van der Waals surface area contributed by atoms with Crippen LogP contribution in [0.15, 0.2) is 42.7 Å². The topological polar surface area (TPSA) is 59.4 Å². The highest BCUT2D eigenvalue weighted by molar-refractivity contribution is 5.88. The van der Waals surface area contributed by atoms with Crippen molar-refractivity contribution in [2.75, 3.05) is 0 Å². The van der Waals surface area contributed by atoms with Crippen LogP contribution < -0.4 is 4.74 Å². The van der Waals surface area contributed by atoms with E-state index in [9.17, 15) is 4.79 Å². The molecule has 98 valence electrons. The molecule has 0 fully saturated rings. The van der Waals surface area contributed by atoms with Crippen LogP contribution in [-0.4, -0.2) is 22.2 Å². The molecule has 0 unspecified atom stereocenters. The molecule has 0 aliphatic carbocycles. The zero-order chi connectivity index (χ0) is 13.8. The van der Waals surface area contributed by atoms with Gasteiger partial charge in [-0.05, 0) is 37.6 Å². The third-order valence-electron chi connectivity index (χ3n) is 2.55. The second kappa shape index (κ2) is 5.52. The quantitative estimate of drug-likeness (QED) is 0.913. The predicted molar refractivity (Wildman–Crippen MR) is 72.4 cm³/mol. The number of rotatable bonds is 4. The number of pyridine rings is 1. The van der Waals surface area contributed by atoms with Crippen molar-refractivity contribution >= 4 is 5.97 Å². The standard InChI is InChI=1S/C15H15NO3/c1-10(2)19-14-7-13(8-16-9-14)11-3-5-12(6-4-11)15(17)18/h3-10H,1-2H3,(H,17,18). The number of hydrogen-bond acceptors (Lipinski definition) is 3. The van der Waals surface area contributed by atoms with E-state index in [0.29, 0.717) is 5.75 Å². The van der Waals surface area contributed by atoms with Gasteiger partial charge in [-0.1, -0.05) is 12.1 Å². The van der Waals surface area contributed by atoms with E-state index in [1.807, 2.05) is 19.9 Å². The molecule has 0 aliphatic rings. The molecule has 0 radical (unpaired) electrons. The highest BCUT2D eigenvalue weighted by atomic mass is 16.5. The van der Waals surface area contributed by atoms with Crippen molar-refractivity contribution < 1.29 is 14.6 Å². The Kier molecular flexibility index (Phi) is 3.80. The Labute approximate surface area is 111 Å². The predicted octanol–water partition coefficient (Wildman–Crippen LogP) is 3.23. The Balaban J connectivity index is 2.28. The molecule has 1 N–H and O–H groups in total. The van der Waals surface area contributed by atoms with E-state index >= 15 is 0 Å². The zero-order valence-electron chi connectivity index (χ0n) is 10.8. The smallest absolute Gasteiger partial charge is 0.335 e. The Hall–Kier alpha value is -2.36. The summed E-state index contributed by atoms with van der Waals surface area (Å²) >= 11 is 0.